The van der Waals surface area contributed by atoms with Gasteiger partial charge in [0.15, 0.2) is 0 Å². The van der Waals surface area contributed by atoms with Crippen LogP contribution in [-0.4, -0.2) is 29.8 Å². The van der Waals surface area contributed by atoms with Gasteiger partial charge in [-0.2, -0.15) is 0 Å². The van der Waals surface area contributed by atoms with Crippen molar-refractivity contribution in [3.05, 3.63) is 90.0 Å². The Bertz CT molecular complexity index is 946. The van der Waals surface area contributed by atoms with Crippen molar-refractivity contribution >= 4 is 17.5 Å². The van der Waals surface area contributed by atoms with Crippen LogP contribution in [0.3, 0.4) is 0 Å². The Hall–Kier alpha value is -3.40. The molecule has 0 aliphatic rings. The molecule has 28 heavy (non-hydrogen) atoms. The Kier molecular flexibility index (Phi) is 6.22. The van der Waals surface area contributed by atoms with E-state index in [-0.39, 0.29) is 11.8 Å². The average molecular weight is 372 g/mol. The van der Waals surface area contributed by atoms with Crippen LogP contribution in [0.5, 0.6) is 0 Å². The lowest BCUT2D eigenvalue weighted by atomic mass is 9.99. The van der Waals surface area contributed by atoms with Crippen molar-refractivity contribution in [2.24, 2.45) is 0 Å². The Morgan fingerprint density at radius 3 is 2.04 bits per heavy atom. The fourth-order valence-corrected chi connectivity index (χ4v) is 3.14. The van der Waals surface area contributed by atoms with Gasteiger partial charge in [0.05, 0.1) is 0 Å². The summed E-state index contributed by atoms with van der Waals surface area (Å²) in [6.45, 7) is 5.26. The first-order chi connectivity index (χ1) is 13.6. The molecule has 0 heterocycles. The summed E-state index contributed by atoms with van der Waals surface area (Å²) in [7, 11) is 0. The van der Waals surface area contributed by atoms with Crippen LogP contribution in [0.4, 0.5) is 5.69 Å². The number of benzene rings is 3. The van der Waals surface area contributed by atoms with Gasteiger partial charge in [-0.1, -0.05) is 48.5 Å². The van der Waals surface area contributed by atoms with Gasteiger partial charge < -0.3 is 10.2 Å². The summed E-state index contributed by atoms with van der Waals surface area (Å²) in [6.07, 6.45) is 0. The molecule has 0 saturated carbocycles. The monoisotopic (exact) mass is 372 g/mol. The zero-order valence-corrected chi connectivity index (χ0v) is 16.2. The van der Waals surface area contributed by atoms with E-state index in [1.54, 1.807) is 29.2 Å². The van der Waals surface area contributed by atoms with Gasteiger partial charge in [-0.3, -0.25) is 9.59 Å². The van der Waals surface area contributed by atoms with E-state index < -0.39 is 0 Å². The highest BCUT2D eigenvalue weighted by Gasteiger charge is 2.14. The van der Waals surface area contributed by atoms with E-state index in [9.17, 15) is 9.59 Å². The summed E-state index contributed by atoms with van der Waals surface area (Å²) in [5.74, 6) is -0.181. The number of hydrogen-bond donors (Lipinski definition) is 1. The van der Waals surface area contributed by atoms with Crippen LogP contribution in [-0.2, 0) is 0 Å². The summed E-state index contributed by atoms with van der Waals surface area (Å²) < 4.78 is 0. The normalized spacial score (nSPS) is 10.4. The summed E-state index contributed by atoms with van der Waals surface area (Å²) in [5, 5.41) is 2.93. The molecule has 3 aromatic carbocycles. The quantitative estimate of drug-likeness (QED) is 0.655. The predicted molar refractivity (Wildman–Crippen MR) is 114 cm³/mol. The third-order valence-electron chi connectivity index (χ3n) is 4.70. The molecule has 0 radical (unpaired) electrons. The molecule has 4 nitrogen and oxygen atoms in total. The topological polar surface area (TPSA) is 49.4 Å². The van der Waals surface area contributed by atoms with E-state index in [4.69, 9.17) is 0 Å². The molecule has 0 aliphatic carbocycles. The molecule has 3 aromatic rings. The van der Waals surface area contributed by atoms with Gasteiger partial charge >= 0.3 is 0 Å². The highest BCUT2D eigenvalue weighted by molar-refractivity contribution is 6.08. The number of rotatable bonds is 6. The third kappa shape index (κ3) is 4.29. The van der Waals surface area contributed by atoms with Crippen LogP contribution in [0.2, 0.25) is 0 Å². The van der Waals surface area contributed by atoms with Crippen molar-refractivity contribution in [2.75, 3.05) is 18.4 Å². The molecule has 4 heteroatoms. The number of hydrogen-bond acceptors (Lipinski definition) is 2. The largest absolute Gasteiger partial charge is 0.339 e. The van der Waals surface area contributed by atoms with Crippen LogP contribution in [0, 0.1) is 0 Å². The first-order valence-corrected chi connectivity index (χ1v) is 9.49. The van der Waals surface area contributed by atoms with Crippen molar-refractivity contribution < 1.29 is 9.59 Å². The minimum atomic E-state index is -0.178. The zero-order chi connectivity index (χ0) is 19.9. The lowest BCUT2D eigenvalue weighted by molar-refractivity contribution is 0.0773. The maximum Gasteiger partial charge on any atom is 0.256 e. The first-order valence-electron chi connectivity index (χ1n) is 9.49. The maximum atomic E-state index is 12.8. The Labute approximate surface area is 165 Å². The Balaban J connectivity index is 1.78. The lowest BCUT2D eigenvalue weighted by Crippen LogP contribution is -2.30. The molecule has 1 N–H and O–H groups in total. The number of carbonyl (C=O) groups is 2. The van der Waals surface area contributed by atoms with E-state index >= 15 is 0 Å². The van der Waals surface area contributed by atoms with E-state index in [1.165, 1.54) is 0 Å². The van der Waals surface area contributed by atoms with Gasteiger partial charge in [0.2, 0.25) is 0 Å². The van der Waals surface area contributed by atoms with E-state index in [2.05, 4.69) is 5.32 Å². The summed E-state index contributed by atoms with van der Waals surface area (Å²) in [5.41, 5.74) is 3.76. The first kappa shape index (κ1) is 19.4. The lowest BCUT2D eigenvalue weighted by Gasteiger charge is -2.18. The Morgan fingerprint density at radius 2 is 1.39 bits per heavy atom. The van der Waals surface area contributed by atoms with Gasteiger partial charge in [0, 0.05) is 29.9 Å². The fraction of sp³-hybridized carbons (Fsp3) is 0.167. The van der Waals surface area contributed by atoms with Gasteiger partial charge in [-0.25, -0.2) is 0 Å². The van der Waals surface area contributed by atoms with Gasteiger partial charge in [0.1, 0.15) is 0 Å². The van der Waals surface area contributed by atoms with Crippen LogP contribution >= 0.6 is 0 Å². The van der Waals surface area contributed by atoms with Crippen LogP contribution < -0.4 is 5.32 Å². The third-order valence-corrected chi connectivity index (χ3v) is 4.70. The molecule has 0 fully saturated rings. The van der Waals surface area contributed by atoms with Crippen LogP contribution in [0.1, 0.15) is 34.6 Å². The molecular weight excluding hydrogens is 348 g/mol. The SMILES string of the molecule is CCN(CC)C(=O)c1ccc(NC(=O)c2ccccc2-c2ccccc2)cc1. The molecule has 0 spiro atoms. The van der Waals surface area contributed by atoms with E-state index in [1.807, 2.05) is 68.4 Å². The van der Waals surface area contributed by atoms with Gasteiger partial charge in [0.25, 0.3) is 11.8 Å². The number of carbonyl (C=O) groups excluding carboxylic acids is 2. The maximum absolute atomic E-state index is 12.8. The highest BCUT2D eigenvalue weighted by atomic mass is 16.2. The number of nitrogens with one attached hydrogen (secondary N) is 1. The molecule has 2 amide bonds. The van der Waals surface area contributed by atoms with Crippen LogP contribution in [0.15, 0.2) is 78.9 Å². The molecule has 0 aromatic heterocycles. The molecule has 142 valence electrons. The molecular formula is C24H24N2O2. The van der Waals surface area contributed by atoms with Crippen molar-refractivity contribution in [3.63, 3.8) is 0 Å². The second-order valence-electron chi connectivity index (χ2n) is 6.42. The van der Waals surface area contributed by atoms with Gasteiger partial charge in [-0.15, -0.1) is 0 Å². The highest BCUT2D eigenvalue weighted by Crippen LogP contribution is 2.24. The van der Waals surface area contributed by atoms with Crippen molar-refractivity contribution in [1.29, 1.82) is 0 Å². The number of nitrogens with zero attached hydrogens (tertiary/aromatic N) is 1. The summed E-state index contributed by atoms with van der Waals surface area (Å²) in [4.78, 5) is 27.0. The molecule has 0 aliphatic heterocycles. The number of anilines is 1. The molecule has 0 atom stereocenters. The minimum Gasteiger partial charge on any atom is -0.339 e. The van der Waals surface area contributed by atoms with E-state index in [0.29, 0.717) is 29.9 Å². The summed E-state index contributed by atoms with van der Waals surface area (Å²) in [6, 6.07) is 24.4. The van der Waals surface area contributed by atoms with Crippen molar-refractivity contribution in [1.82, 2.24) is 4.90 Å². The standard InChI is InChI=1S/C24H24N2O2/c1-3-26(4-2)24(28)19-14-16-20(17-15-19)25-23(27)22-13-9-8-12-21(22)18-10-6-5-7-11-18/h5-17H,3-4H2,1-2H3,(H,25,27). The molecule has 0 bridgehead atoms. The summed E-state index contributed by atoms with van der Waals surface area (Å²) >= 11 is 0. The fourth-order valence-electron chi connectivity index (χ4n) is 3.14. The zero-order valence-electron chi connectivity index (χ0n) is 16.2. The second-order valence-corrected chi connectivity index (χ2v) is 6.42. The van der Waals surface area contributed by atoms with Crippen molar-refractivity contribution in [2.45, 2.75) is 13.8 Å². The minimum absolute atomic E-state index is 0.00250. The van der Waals surface area contributed by atoms with Gasteiger partial charge in [-0.05, 0) is 55.3 Å². The second kappa shape index (κ2) is 9.00. The molecule has 0 saturated heterocycles. The Morgan fingerprint density at radius 1 is 0.786 bits per heavy atom. The molecule has 0 unspecified atom stereocenters. The van der Waals surface area contributed by atoms with Crippen molar-refractivity contribution in [3.8, 4) is 11.1 Å². The molecule has 3 rings (SSSR count). The number of amides is 2. The van der Waals surface area contributed by atoms with Crippen LogP contribution in [0.25, 0.3) is 11.1 Å². The average Bonchev–Trinajstić information content (AvgIpc) is 2.75. The smallest absolute Gasteiger partial charge is 0.256 e. The predicted octanol–water partition coefficient (Wildman–Crippen LogP) is 5.09. The van der Waals surface area contributed by atoms with E-state index in [0.717, 1.165) is 11.1 Å².